The zero-order valence-electron chi connectivity index (χ0n) is 13.2. The molecule has 0 spiro atoms. The lowest BCUT2D eigenvalue weighted by molar-refractivity contribution is 0.233. The summed E-state index contributed by atoms with van der Waals surface area (Å²) in [4.78, 5) is 16.1. The summed E-state index contributed by atoms with van der Waals surface area (Å²) in [6.07, 6.45) is 1.79. The molecule has 1 aromatic carbocycles. The molecule has 0 radical (unpaired) electrons. The number of hydrogen-bond donors (Lipinski definition) is 3. The average molecular weight is 318 g/mol. The Morgan fingerprint density at radius 3 is 2.78 bits per heavy atom. The Bertz CT molecular complexity index is 600. The van der Waals surface area contributed by atoms with Gasteiger partial charge in [-0.05, 0) is 25.3 Å². The number of aromatic nitrogens is 2. The number of amides is 2. The molecule has 1 heterocycles. The third-order valence-corrected chi connectivity index (χ3v) is 3.35. The van der Waals surface area contributed by atoms with Gasteiger partial charge in [-0.25, -0.2) is 4.79 Å². The maximum atomic E-state index is 12.0. The first-order valence-corrected chi connectivity index (χ1v) is 7.68. The van der Waals surface area contributed by atoms with E-state index in [1.54, 1.807) is 6.92 Å². The van der Waals surface area contributed by atoms with E-state index in [4.69, 9.17) is 9.63 Å². The second-order valence-electron chi connectivity index (χ2n) is 5.21. The lowest BCUT2D eigenvalue weighted by atomic mass is 10.0. The van der Waals surface area contributed by atoms with Crippen LogP contribution in [0.4, 0.5) is 4.79 Å². The third kappa shape index (κ3) is 5.71. The largest absolute Gasteiger partial charge is 0.396 e. The number of benzene rings is 1. The van der Waals surface area contributed by atoms with Gasteiger partial charge in [-0.2, -0.15) is 4.98 Å². The topological polar surface area (TPSA) is 100 Å². The lowest BCUT2D eigenvalue weighted by Crippen LogP contribution is -2.39. The van der Waals surface area contributed by atoms with Gasteiger partial charge < -0.3 is 20.3 Å². The van der Waals surface area contributed by atoms with Crippen LogP contribution in [0, 0.1) is 6.92 Å². The minimum atomic E-state index is -0.256. The van der Waals surface area contributed by atoms with E-state index in [0.29, 0.717) is 37.5 Å². The average Bonchev–Trinajstić information content (AvgIpc) is 2.97. The normalized spacial score (nSPS) is 11.9. The maximum absolute atomic E-state index is 12.0. The first kappa shape index (κ1) is 17.0. The summed E-state index contributed by atoms with van der Waals surface area (Å²) >= 11 is 0. The number of hydrogen-bond acceptors (Lipinski definition) is 5. The standard InChI is InChI=1S/C16H22N4O3/c1-12-18-15(23-20-12)9-10-17-16(22)19-14(8-5-11-21)13-6-3-2-4-7-13/h2-4,6-7,14,21H,5,8-11H2,1H3,(H2,17,19,22). The number of rotatable bonds is 8. The molecule has 0 aliphatic rings. The van der Waals surface area contributed by atoms with Crippen molar-refractivity contribution >= 4 is 6.03 Å². The molecule has 7 nitrogen and oxygen atoms in total. The summed E-state index contributed by atoms with van der Waals surface area (Å²) < 4.78 is 4.99. The molecule has 0 aliphatic heterocycles. The molecule has 0 bridgehead atoms. The van der Waals surface area contributed by atoms with Gasteiger partial charge in [-0.15, -0.1) is 0 Å². The van der Waals surface area contributed by atoms with Crippen molar-refractivity contribution < 1.29 is 14.4 Å². The maximum Gasteiger partial charge on any atom is 0.315 e. The van der Waals surface area contributed by atoms with E-state index in [0.717, 1.165) is 5.56 Å². The van der Waals surface area contributed by atoms with Gasteiger partial charge in [0.1, 0.15) is 0 Å². The second kappa shape index (κ2) is 8.89. The van der Waals surface area contributed by atoms with E-state index in [1.807, 2.05) is 30.3 Å². The fourth-order valence-corrected chi connectivity index (χ4v) is 2.24. The van der Waals surface area contributed by atoms with Crippen LogP contribution in [0.2, 0.25) is 0 Å². The van der Waals surface area contributed by atoms with Gasteiger partial charge in [-0.1, -0.05) is 35.5 Å². The molecular formula is C16H22N4O3. The molecule has 0 fully saturated rings. The van der Waals surface area contributed by atoms with Gasteiger partial charge in [-0.3, -0.25) is 0 Å². The fraction of sp³-hybridized carbons (Fsp3) is 0.438. The molecule has 1 atom stereocenters. The molecule has 23 heavy (non-hydrogen) atoms. The summed E-state index contributed by atoms with van der Waals surface area (Å²) in [6, 6.07) is 9.32. The lowest BCUT2D eigenvalue weighted by Gasteiger charge is -2.19. The SMILES string of the molecule is Cc1noc(CCNC(=O)NC(CCCO)c2ccccc2)n1. The Kier molecular flexibility index (Phi) is 6.56. The molecule has 0 aliphatic carbocycles. The van der Waals surface area contributed by atoms with Crippen LogP contribution in [-0.2, 0) is 6.42 Å². The Morgan fingerprint density at radius 1 is 1.35 bits per heavy atom. The van der Waals surface area contributed by atoms with Crippen molar-refractivity contribution in [2.24, 2.45) is 0 Å². The van der Waals surface area contributed by atoms with E-state index in [-0.39, 0.29) is 18.7 Å². The number of carbonyl (C=O) groups excluding carboxylic acids is 1. The summed E-state index contributed by atoms with van der Waals surface area (Å²) in [5.41, 5.74) is 1.02. The zero-order chi connectivity index (χ0) is 16.5. The molecule has 0 saturated carbocycles. The zero-order valence-corrected chi connectivity index (χ0v) is 13.2. The van der Waals surface area contributed by atoms with Gasteiger partial charge in [0.25, 0.3) is 0 Å². The van der Waals surface area contributed by atoms with Gasteiger partial charge >= 0.3 is 6.03 Å². The van der Waals surface area contributed by atoms with Crippen molar-refractivity contribution in [3.8, 4) is 0 Å². The van der Waals surface area contributed by atoms with Gasteiger partial charge in [0.05, 0.1) is 6.04 Å². The highest BCUT2D eigenvalue weighted by Gasteiger charge is 2.14. The molecule has 0 saturated heterocycles. The van der Waals surface area contributed by atoms with Crippen LogP contribution >= 0.6 is 0 Å². The van der Waals surface area contributed by atoms with Crippen molar-refractivity contribution in [3.63, 3.8) is 0 Å². The summed E-state index contributed by atoms with van der Waals surface area (Å²) in [6.45, 7) is 2.26. The van der Waals surface area contributed by atoms with Crippen molar-refractivity contribution in [1.29, 1.82) is 0 Å². The molecular weight excluding hydrogens is 296 g/mol. The molecule has 1 aromatic heterocycles. The Balaban J connectivity index is 1.82. The molecule has 7 heteroatoms. The molecule has 2 aromatic rings. The predicted molar refractivity (Wildman–Crippen MR) is 84.8 cm³/mol. The third-order valence-electron chi connectivity index (χ3n) is 3.35. The molecule has 2 rings (SSSR count). The summed E-state index contributed by atoms with van der Waals surface area (Å²) in [7, 11) is 0. The number of carbonyl (C=O) groups is 1. The van der Waals surface area contributed by atoms with E-state index in [9.17, 15) is 4.79 Å². The van der Waals surface area contributed by atoms with Crippen molar-refractivity contribution in [1.82, 2.24) is 20.8 Å². The number of nitrogens with one attached hydrogen (secondary N) is 2. The first-order valence-electron chi connectivity index (χ1n) is 7.68. The number of urea groups is 1. The highest BCUT2D eigenvalue weighted by molar-refractivity contribution is 5.74. The van der Waals surface area contributed by atoms with Crippen molar-refractivity contribution in [2.75, 3.05) is 13.2 Å². The van der Waals surface area contributed by atoms with E-state index in [2.05, 4.69) is 20.8 Å². The highest BCUT2D eigenvalue weighted by Crippen LogP contribution is 2.17. The smallest absolute Gasteiger partial charge is 0.315 e. The fourth-order valence-electron chi connectivity index (χ4n) is 2.24. The number of aliphatic hydroxyl groups is 1. The van der Waals surface area contributed by atoms with Crippen LogP contribution in [0.25, 0.3) is 0 Å². The monoisotopic (exact) mass is 318 g/mol. The number of aryl methyl sites for hydroxylation is 1. The van der Waals surface area contributed by atoms with Crippen LogP contribution in [0.15, 0.2) is 34.9 Å². The first-order chi connectivity index (χ1) is 11.2. The predicted octanol–water partition coefficient (Wildman–Crippen LogP) is 1.73. The van der Waals surface area contributed by atoms with Crippen molar-refractivity contribution in [2.45, 2.75) is 32.2 Å². The Labute approximate surface area is 135 Å². The van der Waals surface area contributed by atoms with Crippen molar-refractivity contribution in [3.05, 3.63) is 47.6 Å². The van der Waals surface area contributed by atoms with Crippen LogP contribution in [0.5, 0.6) is 0 Å². The van der Waals surface area contributed by atoms with Gasteiger partial charge in [0.2, 0.25) is 5.89 Å². The minimum absolute atomic E-state index is 0.100. The number of nitrogens with zero attached hydrogens (tertiary/aromatic N) is 2. The second-order valence-corrected chi connectivity index (χ2v) is 5.21. The van der Waals surface area contributed by atoms with Crippen LogP contribution < -0.4 is 10.6 Å². The number of aliphatic hydroxyl groups excluding tert-OH is 1. The van der Waals surface area contributed by atoms with E-state index < -0.39 is 0 Å². The Hall–Kier alpha value is -2.41. The summed E-state index contributed by atoms with van der Waals surface area (Å²) in [5, 5.41) is 18.4. The molecule has 124 valence electrons. The van der Waals surface area contributed by atoms with Crippen LogP contribution in [-0.4, -0.2) is 34.4 Å². The molecule has 2 amide bonds. The van der Waals surface area contributed by atoms with Crippen LogP contribution in [0.1, 0.15) is 36.2 Å². The quantitative estimate of drug-likeness (QED) is 0.688. The molecule has 3 N–H and O–H groups in total. The highest BCUT2D eigenvalue weighted by atomic mass is 16.5. The van der Waals surface area contributed by atoms with E-state index >= 15 is 0 Å². The van der Waals surface area contributed by atoms with E-state index in [1.165, 1.54) is 0 Å². The van der Waals surface area contributed by atoms with Gasteiger partial charge in [0, 0.05) is 19.6 Å². The molecule has 1 unspecified atom stereocenters. The Morgan fingerprint density at radius 2 is 2.13 bits per heavy atom. The van der Waals surface area contributed by atoms with Crippen LogP contribution in [0.3, 0.4) is 0 Å². The minimum Gasteiger partial charge on any atom is -0.396 e. The van der Waals surface area contributed by atoms with Gasteiger partial charge in [0.15, 0.2) is 5.82 Å². The summed E-state index contributed by atoms with van der Waals surface area (Å²) in [5.74, 6) is 1.08.